The van der Waals surface area contributed by atoms with Gasteiger partial charge in [0.1, 0.15) is 6.54 Å². The Kier molecular flexibility index (Phi) is 4.77. The number of amides is 1. The largest absolute Gasteiger partial charge is 0.300 e. The van der Waals surface area contributed by atoms with E-state index in [-0.39, 0.29) is 12.5 Å². The highest BCUT2D eigenvalue weighted by atomic mass is 35.5. The third-order valence-electron chi connectivity index (χ3n) is 3.95. The number of anilines is 1. The Morgan fingerprint density at radius 3 is 2.85 bits per heavy atom. The molecule has 0 atom stereocenters. The quantitative estimate of drug-likeness (QED) is 0.468. The van der Waals surface area contributed by atoms with E-state index in [1.807, 2.05) is 37.3 Å². The maximum atomic E-state index is 12.5. The maximum Gasteiger partial charge on any atom is 0.246 e. The summed E-state index contributed by atoms with van der Waals surface area (Å²) in [6, 6.07) is 13.2. The Hall–Kier alpha value is -2.55. The van der Waals surface area contributed by atoms with E-state index in [2.05, 4.69) is 20.5 Å². The number of hydrogen-bond donors (Lipinski definition) is 2. The minimum atomic E-state index is -0.224. The summed E-state index contributed by atoms with van der Waals surface area (Å²) in [5.41, 5.74) is 2.83. The van der Waals surface area contributed by atoms with Crippen molar-refractivity contribution in [2.24, 2.45) is 0 Å². The van der Waals surface area contributed by atoms with E-state index in [4.69, 9.17) is 23.8 Å². The number of halogens is 1. The first-order chi connectivity index (χ1) is 13.0. The van der Waals surface area contributed by atoms with Gasteiger partial charge in [0.15, 0.2) is 15.7 Å². The molecule has 1 amide bonds. The van der Waals surface area contributed by atoms with Gasteiger partial charge in [0.25, 0.3) is 0 Å². The van der Waals surface area contributed by atoms with Crippen LogP contribution in [0.1, 0.15) is 5.56 Å². The smallest absolute Gasteiger partial charge is 0.246 e. The number of aromatic amines is 1. The van der Waals surface area contributed by atoms with Crippen LogP contribution in [0.2, 0.25) is 5.02 Å². The normalized spacial score (nSPS) is 11.0. The van der Waals surface area contributed by atoms with Crippen molar-refractivity contribution in [2.45, 2.75) is 13.5 Å². The molecule has 0 fully saturated rings. The Morgan fingerprint density at radius 2 is 2.07 bits per heavy atom. The van der Waals surface area contributed by atoms with Crippen LogP contribution in [0.15, 0.2) is 42.5 Å². The van der Waals surface area contributed by atoms with E-state index in [9.17, 15) is 4.79 Å². The highest BCUT2D eigenvalue weighted by molar-refractivity contribution is 7.71. The van der Waals surface area contributed by atoms with Gasteiger partial charge >= 0.3 is 0 Å². The third-order valence-corrected chi connectivity index (χ3v) is 5.45. The lowest BCUT2D eigenvalue weighted by atomic mass is 10.2. The topological polar surface area (TPSA) is 75.6 Å². The Balaban J connectivity index is 1.56. The van der Waals surface area contributed by atoms with Crippen LogP contribution >= 0.6 is 35.2 Å². The van der Waals surface area contributed by atoms with Crippen molar-refractivity contribution >= 4 is 56.4 Å². The Bertz CT molecular complexity index is 1190. The SMILES string of the molecule is Cc1ccc2nc(NC(=O)Cn3c(-c4ccc(Cl)cc4)n[nH]c3=S)sc2c1. The van der Waals surface area contributed by atoms with Gasteiger partial charge < -0.3 is 5.32 Å². The number of hydrogen-bond acceptors (Lipinski definition) is 5. The molecule has 0 aliphatic heterocycles. The molecule has 2 aromatic heterocycles. The zero-order chi connectivity index (χ0) is 19.0. The van der Waals surface area contributed by atoms with Gasteiger partial charge in [-0.05, 0) is 61.1 Å². The van der Waals surface area contributed by atoms with Gasteiger partial charge in [-0.1, -0.05) is 29.0 Å². The van der Waals surface area contributed by atoms with Crippen LogP contribution in [-0.2, 0) is 11.3 Å². The number of fused-ring (bicyclic) bond motifs is 1. The highest BCUT2D eigenvalue weighted by Gasteiger charge is 2.14. The fourth-order valence-electron chi connectivity index (χ4n) is 2.67. The van der Waals surface area contributed by atoms with Crippen molar-refractivity contribution in [2.75, 3.05) is 5.32 Å². The average molecular weight is 416 g/mol. The molecule has 2 heterocycles. The van der Waals surface area contributed by atoms with Crippen molar-refractivity contribution in [3.8, 4) is 11.4 Å². The van der Waals surface area contributed by atoms with E-state index >= 15 is 0 Å². The first-order valence-electron chi connectivity index (χ1n) is 8.08. The molecule has 136 valence electrons. The second-order valence-electron chi connectivity index (χ2n) is 5.98. The Labute approximate surface area is 168 Å². The first kappa shape index (κ1) is 17.8. The summed E-state index contributed by atoms with van der Waals surface area (Å²) in [4.78, 5) is 17.0. The van der Waals surface area contributed by atoms with Gasteiger partial charge in [0.05, 0.1) is 10.2 Å². The van der Waals surface area contributed by atoms with Crippen LogP contribution in [0.5, 0.6) is 0 Å². The predicted molar refractivity (Wildman–Crippen MR) is 111 cm³/mol. The number of benzene rings is 2. The molecule has 0 spiro atoms. The van der Waals surface area contributed by atoms with Gasteiger partial charge in [-0.15, -0.1) is 0 Å². The molecule has 2 N–H and O–H groups in total. The molecular formula is C18H14ClN5OS2. The fraction of sp³-hybridized carbons (Fsp3) is 0.111. The minimum absolute atomic E-state index is 0.0300. The molecular weight excluding hydrogens is 402 g/mol. The summed E-state index contributed by atoms with van der Waals surface area (Å²) in [6.45, 7) is 2.05. The molecule has 0 unspecified atom stereocenters. The third kappa shape index (κ3) is 3.78. The molecule has 0 aliphatic rings. The number of aryl methyl sites for hydroxylation is 1. The van der Waals surface area contributed by atoms with Gasteiger partial charge in [-0.25, -0.2) is 4.98 Å². The van der Waals surface area contributed by atoms with Crippen molar-refractivity contribution < 1.29 is 4.79 Å². The molecule has 2 aromatic carbocycles. The summed E-state index contributed by atoms with van der Waals surface area (Å²) in [5, 5.41) is 11.0. The fourth-order valence-corrected chi connectivity index (χ4v) is 3.97. The van der Waals surface area contributed by atoms with Crippen molar-refractivity contribution in [3.63, 3.8) is 0 Å². The van der Waals surface area contributed by atoms with E-state index in [0.717, 1.165) is 21.3 Å². The second kappa shape index (κ2) is 7.22. The zero-order valence-corrected chi connectivity index (χ0v) is 16.6. The predicted octanol–water partition coefficient (Wildman–Crippen LogP) is 4.82. The molecule has 27 heavy (non-hydrogen) atoms. The molecule has 9 heteroatoms. The number of carbonyl (C=O) groups is 1. The van der Waals surface area contributed by atoms with Gasteiger partial charge in [0.2, 0.25) is 5.91 Å². The molecule has 0 bridgehead atoms. The number of thiazole rings is 1. The molecule has 0 aliphatic carbocycles. The number of nitrogens with zero attached hydrogens (tertiary/aromatic N) is 3. The van der Waals surface area contributed by atoms with Crippen molar-refractivity contribution in [3.05, 3.63) is 57.8 Å². The molecule has 0 radical (unpaired) electrons. The second-order valence-corrected chi connectivity index (χ2v) is 7.84. The molecule has 6 nitrogen and oxygen atoms in total. The first-order valence-corrected chi connectivity index (χ1v) is 9.68. The molecule has 4 aromatic rings. The van der Waals surface area contributed by atoms with Gasteiger partial charge in [-0.2, -0.15) is 5.10 Å². The summed E-state index contributed by atoms with van der Waals surface area (Å²) < 4.78 is 3.05. The van der Waals surface area contributed by atoms with Crippen LogP contribution < -0.4 is 5.32 Å². The summed E-state index contributed by atoms with van der Waals surface area (Å²) >= 11 is 12.7. The summed E-state index contributed by atoms with van der Waals surface area (Å²) in [5.74, 6) is 0.352. The average Bonchev–Trinajstić information content (AvgIpc) is 3.19. The molecule has 0 saturated carbocycles. The van der Waals surface area contributed by atoms with Crippen molar-refractivity contribution in [1.29, 1.82) is 0 Å². The monoisotopic (exact) mass is 415 g/mol. The van der Waals surface area contributed by atoms with Crippen LogP contribution in [0.25, 0.3) is 21.6 Å². The number of aromatic nitrogens is 4. The van der Waals surface area contributed by atoms with E-state index in [1.165, 1.54) is 11.3 Å². The number of H-pyrrole nitrogens is 1. The lowest BCUT2D eigenvalue weighted by Gasteiger charge is -2.06. The number of nitrogens with one attached hydrogen (secondary N) is 2. The number of rotatable bonds is 4. The van der Waals surface area contributed by atoms with E-state index in [1.54, 1.807) is 16.7 Å². The van der Waals surface area contributed by atoms with Crippen LogP contribution in [-0.4, -0.2) is 25.7 Å². The number of carbonyl (C=O) groups excluding carboxylic acids is 1. The summed E-state index contributed by atoms with van der Waals surface area (Å²) in [7, 11) is 0. The van der Waals surface area contributed by atoms with E-state index < -0.39 is 0 Å². The standard InChI is InChI=1S/C18H14ClN5OS2/c1-10-2-7-13-14(8-10)27-17(20-13)21-15(25)9-24-16(22-23-18(24)26)11-3-5-12(19)6-4-11/h2-8H,9H2,1H3,(H,23,26)(H,20,21,25). The van der Waals surface area contributed by atoms with E-state index in [0.29, 0.717) is 20.7 Å². The lowest BCUT2D eigenvalue weighted by Crippen LogP contribution is -2.19. The van der Waals surface area contributed by atoms with Crippen LogP contribution in [0.4, 0.5) is 5.13 Å². The maximum absolute atomic E-state index is 12.5. The van der Waals surface area contributed by atoms with Gasteiger partial charge in [-0.3, -0.25) is 14.5 Å². The van der Waals surface area contributed by atoms with Gasteiger partial charge in [0, 0.05) is 10.6 Å². The lowest BCUT2D eigenvalue weighted by molar-refractivity contribution is -0.116. The van der Waals surface area contributed by atoms with Crippen LogP contribution in [0.3, 0.4) is 0 Å². The van der Waals surface area contributed by atoms with Crippen molar-refractivity contribution in [1.82, 2.24) is 19.7 Å². The summed E-state index contributed by atoms with van der Waals surface area (Å²) in [6.07, 6.45) is 0. The highest BCUT2D eigenvalue weighted by Crippen LogP contribution is 2.27. The molecule has 0 saturated heterocycles. The van der Waals surface area contributed by atoms with Crippen LogP contribution in [0, 0.1) is 11.7 Å². The molecule has 4 rings (SSSR count). The minimum Gasteiger partial charge on any atom is -0.300 e. The Morgan fingerprint density at radius 1 is 1.30 bits per heavy atom. The zero-order valence-electron chi connectivity index (χ0n) is 14.2.